The Kier molecular flexibility index (Phi) is 7.48. The standard InChI is InChI=1S/C32H37N3O7S/c1-35(2)26-20-13-15-12-19-18(22-11-8-17(43-22)14-34-16-6-4-3-5-7-16)9-10-21(36)24(19)27(37)23(15)29(39)32(20,42)30(40)25(28(26)38)31(33)41/h8-11,15-16,20,26,34,36,38-39,42H,3-7,12-14H2,1-2H3,(H2,33,41). The Morgan fingerprint density at radius 3 is 2.49 bits per heavy atom. The molecular formula is C32H37N3O7S. The number of amides is 1. The topological polar surface area (TPSA) is 173 Å². The van der Waals surface area contributed by atoms with Crippen molar-refractivity contribution in [1.29, 1.82) is 0 Å². The molecule has 1 aromatic carbocycles. The SMILES string of the molecule is CN(C)C1C(O)=C(C(N)=O)C(=O)C2(O)C(O)=C3C(=O)c4c(O)ccc(-c5ccc(CNC6CCCCC6)s5)c4CC3CC12. The predicted molar refractivity (Wildman–Crippen MR) is 161 cm³/mol. The van der Waals surface area contributed by atoms with Crippen LogP contribution in [0.25, 0.3) is 10.4 Å². The van der Waals surface area contributed by atoms with Gasteiger partial charge in [-0.15, -0.1) is 11.3 Å². The molecule has 43 heavy (non-hydrogen) atoms. The molecule has 7 N–H and O–H groups in total. The van der Waals surface area contributed by atoms with Gasteiger partial charge >= 0.3 is 0 Å². The number of ketones is 2. The number of Topliss-reactive ketones (excluding diaryl/α,β-unsaturated/α-hetero) is 2. The van der Waals surface area contributed by atoms with Crippen LogP contribution in [0.2, 0.25) is 0 Å². The Labute approximate surface area is 253 Å². The summed E-state index contributed by atoms with van der Waals surface area (Å²) in [5.41, 5.74) is 3.24. The molecule has 0 aliphatic heterocycles. The zero-order valence-corrected chi connectivity index (χ0v) is 25.0. The number of hydrogen-bond acceptors (Lipinski definition) is 10. The summed E-state index contributed by atoms with van der Waals surface area (Å²) in [7, 11) is 3.22. The molecule has 1 saturated carbocycles. The highest BCUT2D eigenvalue weighted by Crippen LogP contribution is 2.53. The second-order valence-corrected chi connectivity index (χ2v) is 13.6. The Morgan fingerprint density at radius 1 is 1.09 bits per heavy atom. The number of aromatic hydroxyl groups is 1. The fraction of sp³-hybridized carbons (Fsp3) is 0.469. The highest BCUT2D eigenvalue weighted by Gasteiger charge is 2.63. The van der Waals surface area contributed by atoms with E-state index in [1.165, 1.54) is 38.2 Å². The maximum Gasteiger partial charge on any atom is 0.255 e. The van der Waals surface area contributed by atoms with E-state index < -0.39 is 58.0 Å². The highest BCUT2D eigenvalue weighted by molar-refractivity contribution is 7.15. The molecule has 1 amide bonds. The van der Waals surface area contributed by atoms with Gasteiger partial charge in [-0.05, 0) is 81.1 Å². The Balaban J connectivity index is 1.39. The second kappa shape index (κ2) is 10.9. The summed E-state index contributed by atoms with van der Waals surface area (Å²) in [5, 5.41) is 48.7. The van der Waals surface area contributed by atoms with Gasteiger partial charge in [0.05, 0.1) is 11.6 Å². The van der Waals surface area contributed by atoms with Crippen LogP contribution in [0.3, 0.4) is 0 Å². The predicted octanol–water partition coefficient (Wildman–Crippen LogP) is 3.27. The van der Waals surface area contributed by atoms with Crippen LogP contribution >= 0.6 is 11.3 Å². The molecule has 1 heterocycles. The van der Waals surface area contributed by atoms with Gasteiger partial charge in [0.2, 0.25) is 5.78 Å². The summed E-state index contributed by atoms with van der Waals surface area (Å²) < 4.78 is 0. The van der Waals surface area contributed by atoms with Gasteiger partial charge in [-0.1, -0.05) is 19.3 Å². The minimum Gasteiger partial charge on any atom is -0.510 e. The van der Waals surface area contributed by atoms with Crippen LogP contribution in [-0.4, -0.2) is 74.6 Å². The van der Waals surface area contributed by atoms with Gasteiger partial charge in [0.15, 0.2) is 11.4 Å². The number of hydrogen-bond donors (Lipinski definition) is 6. The fourth-order valence-corrected chi connectivity index (χ4v) is 8.66. The van der Waals surface area contributed by atoms with Crippen molar-refractivity contribution in [3.05, 3.63) is 62.9 Å². The number of allylic oxidation sites excluding steroid dienone is 1. The first-order valence-electron chi connectivity index (χ1n) is 14.8. The molecule has 10 nitrogen and oxygen atoms in total. The molecule has 0 radical (unpaired) electrons. The molecule has 4 unspecified atom stereocenters. The van der Waals surface area contributed by atoms with E-state index in [-0.39, 0.29) is 29.7 Å². The second-order valence-electron chi connectivity index (χ2n) is 12.4. The molecule has 4 atom stereocenters. The zero-order chi connectivity index (χ0) is 30.8. The van der Waals surface area contributed by atoms with Gasteiger partial charge in [-0.3, -0.25) is 19.3 Å². The van der Waals surface area contributed by atoms with Crippen LogP contribution in [0.5, 0.6) is 5.75 Å². The number of nitrogens with zero attached hydrogens (tertiary/aromatic N) is 1. The highest BCUT2D eigenvalue weighted by atomic mass is 32.1. The number of fused-ring (bicyclic) bond motifs is 3. The summed E-state index contributed by atoms with van der Waals surface area (Å²) in [6, 6.07) is 6.82. The number of carbonyl (C=O) groups is 3. The first-order valence-corrected chi connectivity index (χ1v) is 15.6. The summed E-state index contributed by atoms with van der Waals surface area (Å²) >= 11 is 1.62. The molecule has 6 rings (SSSR count). The number of likely N-dealkylation sites (N-methyl/N-ethyl adjacent to an activating group) is 1. The lowest BCUT2D eigenvalue weighted by Gasteiger charge is -2.50. The number of primary amides is 1. The maximum atomic E-state index is 14.0. The largest absolute Gasteiger partial charge is 0.510 e. The van der Waals surface area contributed by atoms with Crippen LogP contribution in [0, 0.1) is 11.8 Å². The van der Waals surface area contributed by atoms with E-state index in [9.17, 15) is 34.8 Å². The molecule has 4 aliphatic carbocycles. The molecule has 11 heteroatoms. The number of benzene rings is 1. The molecule has 2 aromatic rings. The first kappa shape index (κ1) is 29.6. The van der Waals surface area contributed by atoms with Crippen LogP contribution < -0.4 is 11.1 Å². The molecular weight excluding hydrogens is 570 g/mol. The van der Waals surface area contributed by atoms with Crippen LogP contribution in [-0.2, 0) is 22.6 Å². The van der Waals surface area contributed by atoms with Gasteiger partial charge in [0.1, 0.15) is 22.8 Å². The van der Waals surface area contributed by atoms with Crippen molar-refractivity contribution in [3.63, 3.8) is 0 Å². The molecule has 4 aliphatic rings. The number of nitrogens with two attached hydrogens (primary N) is 1. The first-order chi connectivity index (χ1) is 20.4. The number of aliphatic hydroxyl groups is 3. The molecule has 0 bridgehead atoms. The van der Waals surface area contributed by atoms with Crippen molar-refractivity contribution in [2.45, 2.75) is 69.2 Å². The van der Waals surface area contributed by atoms with E-state index in [0.29, 0.717) is 11.6 Å². The summed E-state index contributed by atoms with van der Waals surface area (Å²) in [6.45, 7) is 0.752. The Hall–Kier alpha value is -3.51. The number of rotatable bonds is 6. The van der Waals surface area contributed by atoms with E-state index >= 15 is 0 Å². The average molecular weight is 608 g/mol. The van der Waals surface area contributed by atoms with Crippen LogP contribution in [0.4, 0.5) is 0 Å². The number of phenolic OH excluding ortho intramolecular Hbond substituents is 1. The van der Waals surface area contributed by atoms with Crippen molar-refractivity contribution in [1.82, 2.24) is 10.2 Å². The summed E-state index contributed by atoms with van der Waals surface area (Å²) in [6.07, 6.45) is 6.47. The number of thiophene rings is 1. The van der Waals surface area contributed by atoms with Crippen molar-refractivity contribution in [2.24, 2.45) is 17.6 Å². The monoisotopic (exact) mass is 607 g/mol. The fourth-order valence-electron chi connectivity index (χ4n) is 7.65. The van der Waals surface area contributed by atoms with Crippen molar-refractivity contribution in [2.75, 3.05) is 14.1 Å². The molecule has 1 fully saturated rings. The van der Waals surface area contributed by atoms with Crippen LogP contribution in [0.1, 0.15) is 59.3 Å². The number of phenols is 1. The van der Waals surface area contributed by atoms with E-state index in [2.05, 4.69) is 11.4 Å². The Bertz CT molecular complexity index is 1580. The number of aliphatic hydroxyl groups excluding tert-OH is 2. The summed E-state index contributed by atoms with van der Waals surface area (Å²) in [5.74, 6) is -6.53. The van der Waals surface area contributed by atoms with E-state index in [1.807, 2.05) is 6.07 Å². The van der Waals surface area contributed by atoms with Crippen molar-refractivity contribution >= 4 is 28.8 Å². The van der Waals surface area contributed by atoms with Crippen LogP contribution in [0.15, 0.2) is 46.9 Å². The van der Waals surface area contributed by atoms with Crippen molar-refractivity contribution < 1.29 is 34.8 Å². The lowest BCUT2D eigenvalue weighted by Crippen LogP contribution is -2.63. The molecule has 228 valence electrons. The van der Waals surface area contributed by atoms with E-state index in [4.69, 9.17) is 5.73 Å². The quantitative estimate of drug-likeness (QED) is 0.270. The molecule has 0 saturated heterocycles. The van der Waals surface area contributed by atoms with Gasteiger partial charge in [-0.2, -0.15) is 0 Å². The van der Waals surface area contributed by atoms with E-state index in [0.717, 1.165) is 21.9 Å². The third kappa shape index (κ3) is 4.61. The minimum absolute atomic E-state index is 0.0218. The van der Waals surface area contributed by atoms with Gasteiger partial charge < -0.3 is 31.5 Å². The van der Waals surface area contributed by atoms with Crippen molar-refractivity contribution in [3.8, 4) is 16.2 Å². The lowest BCUT2D eigenvalue weighted by atomic mass is 9.58. The lowest BCUT2D eigenvalue weighted by molar-refractivity contribution is -0.148. The number of carbonyl (C=O) groups excluding carboxylic acids is 3. The maximum absolute atomic E-state index is 14.0. The van der Waals surface area contributed by atoms with E-state index in [1.54, 1.807) is 36.4 Å². The minimum atomic E-state index is -2.65. The third-order valence-electron chi connectivity index (χ3n) is 9.70. The smallest absolute Gasteiger partial charge is 0.255 e. The molecule has 1 aromatic heterocycles. The third-order valence-corrected chi connectivity index (χ3v) is 10.8. The number of nitrogens with one attached hydrogen (secondary N) is 1. The normalized spacial score (nSPS) is 27.8. The zero-order valence-electron chi connectivity index (χ0n) is 24.2. The van der Waals surface area contributed by atoms with Gasteiger partial charge in [0.25, 0.3) is 5.91 Å². The summed E-state index contributed by atoms with van der Waals surface area (Å²) in [4.78, 5) is 43.3. The Morgan fingerprint density at radius 2 is 1.81 bits per heavy atom. The van der Waals surface area contributed by atoms with Gasteiger partial charge in [0, 0.05) is 33.8 Å². The molecule has 0 spiro atoms. The average Bonchev–Trinajstić information content (AvgIpc) is 3.43. The van der Waals surface area contributed by atoms with Gasteiger partial charge in [-0.25, -0.2) is 0 Å².